The summed E-state index contributed by atoms with van der Waals surface area (Å²) in [5, 5.41) is 9.95. The van der Waals surface area contributed by atoms with Crippen molar-refractivity contribution in [3.8, 4) is 0 Å². The Balaban J connectivity index is 0.000000451. The molecular formula is C20H25F3N4O5. The van der Waals surface area contributed by atoms with E-state index in [0.717, 1.165) is 30.9 Å². The smallest absolute Gasteiger partial charge is 0.475 e. The number of furan rings is 1. The van der Waals surface area contributed by atoms with E-state index in [0.29, 0.717) is 18.8 Å². The predicted octanol–water partition coefficient (Wildman–Crippen LogP) is 2.15. The number of fused-ring (bicyclic) bond motifs is 1. The van der Waals surface area contributed by atoms with E-state index in [9.17, 15) is 22.8 Å². The van der Waals surface area contributed by atoms with Gasteiger partial charge in [0.05, 0.1) is 31.3 Å². The maximum Gasteiger partial charge on any atom is 0.490 e. The summed E-state index contributed by atoms with van der Waals surface area (Å²) in [6.07, 6.45) is -0.779. The molecule has 0 spiro atoms. The van der Waals surface area contributed by atoms with E-state index in [1.54, 1.807) is 17.1 Å². The molecule has 32 heavy (non-hydrogen) atoms. The number of carboxylic acids is 1. The molecule has 0 aromatic carbocycles. The van der Waals surface area contributed by atoms with Crippen LogP contribution in [-0.4, -0.2) is 44.2 Å². The first-order valence-corrected chi connectivity index (χ1v) is 9.88. The quantitative estimate of drug-likeness (QED) is 0.705. The van der Waals surface area contributed by atoms with Crippen LogP contribution in [0.4, 0.5) is 13.2 Å². The van der Waals surface area contributed by atoms with Crippen molar-refractivity contribution in [2.45, 2.75) is 52.6 Å². The average Bonchev–Trinajstić information content (AvgIpc) is 3.11. The van der Waals surface area contributed by atoms with Crippen LogP contribution in [0.15, 0.2) is 33.9 Å². The second kappa shape index (κ2) is 10.9. The Bertz CT molecular complexity index is 971. The number of aliphatic carboxylic acids is 1. The molecule has 2 aromatic rings. The molecule has 0 saturated carbocycles. The van der Waals surface area contributed by atoms with Crippen LogP contribution in [0, 0.1) is 5.92 Å². The van der Waals surface area contributed by atoms with Crippen molar-refractivity contribution in [3.63, 3.8) is 0 Å². The molecule has 0 radical (unpaired) electrons. The van der Waals surface area contributed by atoms with E-state index >= 15 is 0 Å². The fourth-order valence-electron chi connectivity index (χ4n) is 2.95. The third-order valence-corrected chi connectivity index (χ3v) is 4.56. The Morgan fingerprint density at radius 1 is 1.31 bits per heavy atom. The topological polar surface area (TPSA) is 118 Å². The molecule has 0 bridgehead atoms. The first-order valence-electron chi connectivity index (χ1n) is 9.88. The fraction of sp³-hybridized carbons (Fsp3) is 0.500. The highest BCUT2D eigenvalue weighted by Gasteiger charge is 2.38. The Kier molecular flexibility index (Phi) is 8.58. The predicted molar refractivity (Wildman–Crippen MR) is 106 cm³/mol. The molecule has 3 heterocycles. The summed E-state index contributed by atoms with van der Waals surface area (Å²) in [6, 6.07) is 3.47. The normalized spacial score (nSPS) is 14.2. The molecule has 2 N–H and O–H groups in total. The number of carbonyl (C=O) groups is 2. The van der Waals surface area contributed by atoms with Gasteiger partial charge in [-0.05, 0) is 12.5 Å². The lowest BCUT2D eigenvalue weighted by atomic mass is 10.2. The lowest BCUT2D eigenvalue weighted by molar-refractivity contribution is -0.192. The molecule has 1 amide bonds. The van der Waals surface area contributed by atoms with Gasteiger partial charge < -0.3 is 14.8 Å². The van der Waals surface area contributed by atoms with E-state index in [2.05, 4.69) is 15.2 Å². The largest absolute Gasteiger partial charge is 0.490 e. The number of carbonyl (C=O) groups excluding carboxylic acids is 1. The Morgan fingerprint density at radius 3 is 2.56 bits per heavy atom. The number of alkyl halides is 3. The molecule has 176 valence electrons. The molecule has 1 aliphatic heterocycles. The van der Waals surface area contributed by atoms with Crippen molar-refractivity contribution < 1.29 is 32.3 Å². The van der Waals surface area contributed by atoms with Crippen LogP contribution in [0.3, 0.4) is 0 Å². The average molecular weight is 458 g/mol. The van der Waals surface area contributed by atoms with Gasteiger partial charge in [0.2, 0.25) is 5.91 Å². The number of nitrogens with one attached hydrogen (secondary N) is 1. The molecule has 1 aliphatic rings. The summed E-state index contributed by atoms with van der Waals surface area (Å²) < 4.78 is 38.6. The number of aromatic nitrogens is 2. The van der Waals surface area contributed by atoms with Crippen LogP contribution >= 0.6 is 0 Å². The molecule has 3 rings (SSSR count). The minimum atomic E-state index is -5.08. The molecule has 12 heteroatoms. The number of carboxylic acid groups (broad SMARTS) is 1. The molecule has 0 aliphatic carbocycles. The number of nitrogens with zero attached hydrogens (tertiary/aromatic N) is 3. The van der Waals surface area contributed by atoms with Gasteiger partial charge >= 0.3 is 12.1 Å². The zero-order valence-electron chi connectivity index (χ0n) is 17.7. The van der Waals surface area contributed by atoms with Crippen molar-refractivity contribution in [1.82, 2.24) is 19.8 Å². The fourth-order valence-corrected chi connectivity index (χ4v) is 2.95. The molecular weight excluding hydrogens is 433 g/mol. The summed E-state index contributed by atoms with van der Waals surface area (Å²) in [7, 11) is 0. The van der Waals surface area contributed by atoms with Gasteiger partial charge in [-0.25, -0.2) is 9.78 Å². The van der Waals surface area contributed by atoms with E-state index in [1.165, 1.54) is 6.07 Å². The Labute approximate surface area is 181 Å². The lowest BCUT2D eigenvalue weighted by Gasteiger charge is -2.19. The van der Waals surface area contributed by atoms with Crippen molar-refractivity contribution in [3.05, 3.63) is 52.1 Å². The summed E-state index contributed by atoms with van der Waals surface area (Å²) in [5.74, 6) is -2.14. The summed E-state index contributed by atoms with van der Waals surface area (Å²) in [5.41, 5.74) is 1.66. The van der Waals surface area contributed by atoms with Gasteiger partial charge in [0.15, 0.2) is 0 Å². The summed E-state index contributed by atoms with van der Waals surface area (Å²) >= 11 is 0. The minimum Gasteiger partial charge on any atom is -0.475 e. The van der Waals surface area contributed by atoms with Crippen LogP contribution in [0.1, 0.15) is 37.4 Å². The van der Waals surface area contributed by atoms with Gasteiger partial charge in [0.1, 0.15) is 5.82 Å². The lowest BCUT2D eigenvalue weighted by Crippen LogP contribution is -2.31. The number of hydrogen-bond acceptors (Lipinski definition) is 6. The van der Waals surface area contributed by atoms with Gasteiger partial charge in [0.25, 0.3) is 5.56 Å². The third-order valence-electron chi connectivity index (χ3n) is 4.56. The second-order valence-corrected chi connectivity index (χ2v) is 7.52. The maximum absolute atomic E-state index is 12.4. The van der Waals surface area contributed by atoms with Gasteiger partial charge in [-0.1, -0.05) is 13.8 Å². The molecule has 2 aromatic heterocycles. The number of hydrogen-bond donors (Lipinski definition) is 2. The standard InChI is InChI=1S/C18H24N4O3.C2HF3O2/c1-13(2)18(24)19-9-15-8-17(23)22-6-3-5-21(11-16(22)20-15)10-14-4-7-25-12-14;3-2(4,5)1(6)7/h4,7-8,12-13H,3,5-6,9-11H2,1-2H3,(H,19,24);(H,6,7). The first-order chi connectivity index (χ1) is 15.0. The van der Waals surface area contributed by atoms with Gasteiger partial charge in [-0.15, -0.1) is 0 Å². The second-order valence-electron chi connectivity index (χ2n) is 7.52. The highest BCUT2D eigenvalue weighted by atomic mass is 19.4. The van der Waals surface area contributed by atoms with E-state index in [-0.39, 0.29) is 23.9 Å². The Hall–Kier alpha value is -3.15. The highest BCUT2D eigenvalue weighted by molar-refractivity contribution is 5.77. The molecule has 9 nitrogen and oxygen atoms in total. The van der Waals surface area contributed by atoms with E-state index < -0.39 is 12.1 Å². The van der Waals surface area contributed by atoms with Crippen LogP contribution in [0.5, 0.6) is 0 Å². The van der Waals surface area contributed by atoms with E-state index in [1.807, 2.05) is 19.9 Å². The molecule has 0 atom stereocenters. The zero-order valence-corrected chi connectivity index (χ0v) is 17.7. The monoisotopic (exact) mass is 458 g/mol. The summed E-state index contributed by atoms with van der Waals surface area (Å²) in [6.45, 7) is 6.88. The maximum atomic E-state index is 12.4. The number of amides is 1. The Morgan fingerprint density at radius 2 is 2.00 bits per heavy atom. The SMILES string of the molecule is CC(C)C(=O)NCc1cc(=O)n2c(n1)CN(Cc1ccoc1)CCC2.O=C(O)C(F)(F)F. The first kappa shape index (κ1) is 25.1. The van der Waals surface area contributed by atoms with Crippen molar-refractivity contribution in [2.75, 3.05) is 6.54 Å². The highest BCUT2D eigenvalue weighted by Crippen LogP contribution is 2.14. The number of halogens is 3. The van der Waals surface area contributed by atoms with Crippen LogP contribution in [-0.2, 0) is 35.8 Å². The van der Waals surface area contributed by atoms with Crippen LogP contribution in [0.25, 0.3) is 0 Å². The van der Waals surface area contributed by atoms with Crippen molar-refractivity contribution >= 4 is 11.9 Å². The third kappa shape index (κ3) is 7.52. The molecule has 0 unspecified atom stereocenters. The van der Waals surface area contributed by atoms with Crippen LogP contribution in [0.2, 0.25) is 0 Å². The van der Waals surface area contributed by atoms with Crippen LogP contribution < -0.4 is 10.9 Å². The molecule has 0 saturated heterocycles. The van der Waals surface area contributed by atoms with Gasteiger partial charge in [-0.3, -0.25) is 19.1 Å². The van der Waals surface area contributed by atoms with Crippen molar-refractivity contribution in [1.29, 1.82) is 0 Å². The number of rotatable bonds is 5. The van der Waals surface area contributed by atoms with Gasteiger partial charge in [-0.2, -0.15) is 13.2 Å². The molecule has 0 fully saturated rings. The van der Waals surface area contributed by atoms with Crippen molar-refractivity contribution in [2.24, 2.45) is 5.92 Å². The van der Waals surface area contributed by atoms with E-state index in [4.69, 9.17) is 14.3 Å². The van der Waals surface area contributed by atoms with Gasteiger partial charge in [0, 0.05) is 37.2 Å². The zero-order chi connectivity index (χ0) is 23.9. The summed E-state index contributed by atoms with van der Waals surface area (Å²) in [4.78, 5) is 39.9. The minimum absolute atomic E-state index is 0.0431.